The van der Waals surface area contributed by atoms with Crippen molar-refractivity contribution in [2.75, 3.05) is 32.1 Å². The van der Waals surface area contributed by atoms with E-state index in [0.717, 1.165) is 10.4 Å². The van der Waals surface area contributed by atoms with Crippen LogP contribution in [0.1, 0.15) is 33.5 Å². The topological polar surface area (TPSA) is 63.7 Å². The fourth-order valence-electron chi connectivity index (χ4n) is 3.55. The second-order valence-electron chi connectivity index (χ2n) is 6.54. The number of aryl methyl sites for hydroxylation is 2. The number of thiophene rings is 1. The van der Waals surface area contributed by atoms with Crippen LogP contribution in [-0.2, 0) is 14.6 Å². The zero-order valence-corrected chi connectivity index (χ0v) is 15.4. The van der Waals surface area contributed by atoms with E-state index in [9.17, 15) is 13.2 Å². The number of rotatable bonds is 4. The second kappa shape index (κ2) is 5.86. The van der Waals surface area contributed by atoms with Gasteiger partial charge in [-0.2, -0.15) is 0 Å². The van der Waals surface area contributed by atoms with Crippen molar-refractivity contribution in [3.63, 3.8) is 0 Å². The number of likely N-dealkylation sites (tertiary alicyclic amines) is 1. The fourth-order valence-corrected chi connectivity index (χ4v) is 6.95. The first-order chi connectivity index (χ1) is 10.8. The van der Waals surface area contributed by atoms with E-state index in [1.54, 1.807) is 4.90 Å². The van der Waals surface area contributed by atoms with Gasteiger partial charge in [0.1, 0.15) is 4.75 Å². The summed E-state index contributed by atoms with van der Waals surface area (Å²) < 4.78 is 29.7. The summed E-state index contributed by atoms with van der Waals surface area (Å²) in [6, 6.07) is 1.90. The quantitative estimate of drug-likeness (QED) is 0.827. The molecule has 1 amide bonds. The molecule has 3 rings (SSSR count). The molecule has 0 N–H and O–H groups in total. The van der Waals surface area contributed by atoms with Crippen molar-refractivity contribution in [3.05, 3.63) is 21.4 Å². The minimum absolute atomic E-state index is 0.00306. The average molecular weight is 357 g/mol. The van der Waals surface area contributed by atoms with Gasteiger partial charge in [-0.25, -0.2) is 8.42 Å². The molecule has 3 heterocycles. The molecule has 1 aromatic heterocycles. The van der Waals surface area contributed by atoms with Crippen LogP contribution in [0.3, 0.4) is 0 Å². The summed E-state index contributed by atoms with van der Waals surface area (Å²) in [5, 5.41) is 0. The summed E-state index contributed by atoms with van der Waals surface area (Å²) >= 11 is 1.48. The highest BCUT2D eigenvalue weighted by atomic mass is 32.2. The maximum absolute atomic E-state index is 12.6. The van der Waals surface area contributed by atoms with E-state index < -0.39 is 14.6 Å². The number of ether oxygens (including phenoxy) is 1. The number of nitrogens with zero attached hydrogens (tertiary/aromatic N) is 1. The highest BCUT2D eigenvalue weighted by molar-refractivity contribution is 7.93. The Morgan fingerprint density at radius 3 is 2.70 bits per heavy atom. The van der Waals surface area contributed by atoms with E-state index in [4.69, 9.17) is 4.74 Å². The summed E-state index contributed by atoms with van der Waals surface area (Å²) in [6.45, 7) is 7.56. The molecule has 0 aromatic carbocycles. The van der Waals surface area contributed by atoms with Crippen LogP contribution in [0.4, 0.5) is 0 Å². The molecule has 7 heteroatoms. The Morgan fingerprint density at radius 2 is 2.13 bits per heavy atom. The van der Waals surface area contributed by atoms with Gasteiger partial charge in [0.2, 0.25) is 0 Å². The third-order valence-electron chi connectivity index (χ3n) is 5.20. The molecule has 0 radical (unpaired) electrons. The molecule has 2 saturated heterocycles. The van der Waals surface area contributed by atoms with E-state index in [0.29, 0.717) is 37.6 Å². The molecule has 0 unspecified atom stereocenters. The van der Waals surface area contributed by atoms with Gasteiger partial charge in [0.05, 0.1) is 17.2 Å². The van der Waals surface area contributed by atoms with Gasteiger partial charge in [-0.3, -0.25) is 4.79 Å². The SMILES string of the molecule is CCOC[C@H]1CCS(=O)(=O)C12CN(C(=O)c1cc(C)c(C)s1)C2. The lowest BCUT2D eigenvalue weighted by atomic mass is 9.83. The van der Waals surface area contributed by atoms with Crippen LogP contribution in [0.5, 0.6) is 0 Å². The maximum Gasteiger partial charge on any atom is 0.264 e. The molecule has 128 valence electrons. The van der Waals surface area contributed by atoms with E-state index >= 15 is 0 Å². The highest BCUT2D eigenvalue weighted by Crippen LogP contribution is 2.45. The van der Waals surface area contributed by atoms with Crippen molar-refractivity contribution in [1.29, 1.82) is 0 Å². The lowest BCUT2D eigenvalue weighted by molar-refractivity contribution is 0.0274. The Morgan fingerprint density at radius 1 is 1.43 bits per heavy atom. The Balaban J connectivity index is 1.75. The zero-order valence-electron chi connectivity index (χ0n) is 13.8. The number of sulfone groups is 1. The predicted molar refractivity (Wildman–Crippen MR) is 90.8 cm³/mol. The minimum atomic E-state index is -3.15. The molecular weight excluding hydrogens is 334 g/mol. The predicted octanol–water partition coefficient (Wildman–Crippen LogP) is 2.03. The van der Waals surface area contributed by atoms with Crippen LogP contribution in [0.2, 0.25) is 0 Å². The molecule has 5 nitrogen and oxygen atoms in total. The van der Waals surface area contributed by atoms with Gasteiger partial charge in [0.25, 0.3) is 5.91 Å². The van der Waals surface area contributed by atoms with Gasteiger partial charge in [-0.1, -0.05) is 0 Å². The van der Waals surface area contributed by atoms with Gasteiger partial charge in [0.15, 0.2) is 9.84 Å². The molecule has 1 atom stereocenters. The third-order valence-corrected chi connectivity index (χ3v) is 8.95. The number of amides is 1. The van der Waals surface area contributed by atoms with E-state index in [-0.39, 0.29) is 17.6 Å². The molecule has 0 bridgehead atoms. The van der Waals surface area contributed by atoms with Crippen LogP contribution in [0.15, 0.2) is 6.07 Å². The van der Waals surface area contributed by atoms with Crippen molar-refractivity contribution in [3.8, 4) is 0 Å². The van der Waals surface area contributed by atoms with Crippen LogP contribution in [0, 0.1) is 19.8 Å². The number of carbonyl (C=O) groups excluding carboxylic acids is 1. The van der Waals surface area contributed by atoms with Crippen molar-refractivity contribution >= 4 is 27.1 Å². The second-order valence-corrected chi connectivity index (χ2v) is 10.2. The van der Waals surface area contributed by atoms with Crippen LogP contribution < -0.4 is 0 Å². The molecular formula is C16H23NO4S2. The van der Waals surface area contributed by atoms with Gasteiger partial charge in [-0.15, -0.1) is 11.3 Å². The number of hydrogen-bond acceptors (Lipinski definition) is 5. The summed E-state index contributed by atoms with van der Waals surface area (Å²) in [4.78, 5) is 16.1. The largest absolute Gasteiger partial charge is 0.381 e. The van der Waals surface area contributed by atoms with Crippen LogP contribution in [-0.4, -0.2) is 56.0 Å². The lowest BCUT2D eigenvalue weighted by Gasteiger charge is -2.49. The smallest absolute Gasteiger partial charge is 0.264 e. The molecule has 23 heavy (non-hydrogen) atoms. The summed E-state index contributed by atoms with van der Waals surface area (Å²) in [5.74, 6) is 0.168. The summed E-state index contributed by atoms with van der Waals surface area (Å²) in [7, 11) is -3.15. The van der Waals surface area contributed by atoms with Crippen molar-refractivity contribution < 1.29 is 17.9 Å². The molecule has 1 spiro atoms. The van der Waals surface area contributed by atoms with Crippen molar-refractivity contribution in [2.24, 2.45) is 5.92 Å². The average Bonchev–Trinajstić information content (AvgIpc) is 2.91. The third kappa shape index (κ3) is 2.62. The highest BCUT2D eigenvalue weighted by Gasteiger charge is 2.62. The first-order valence-electron chi connectivity index (χ1n) is 7.97. The molecule has 2 aliphatic heterocycles. The number of carbonyl (C=O) groups is 1. The van der Waals surface area contributed by atoms with Crippen LogP contribution >= 0.6 is 11.3 Å². The monoisotopic (exact) mass is 357 g/mol. The van der Waals surface area contributed by atoms with E-state index in [1.807, 2.05) is 26.8 Å². The Labute approximate surface area is 141 Å². The Kier molecular flexibility index (Phi) is 4.31. The number of hydrogen-bond donors (Lipinski definition) is 0. The zero-order chi connectivity index (χ0) is 16.8. The molecule has 2 aliphatic rings. The van der Waals surface area contributed by atoms with Gasteiger partial charge >= 0.3 is 0 Å². The normalized spacial score (nSPS) is 24.8. The van der Waals surface area contributed by atoms with Gasteiger partial charge in [-0.05, 0) is 38.8 Å². The van der Waals surface area contributed by atoms with Crippen molar-refractivity contribution in [2.45, 2.75) is 31.9 Å². The lowest BCUT2D eigenvalue weighted by Crippen LogP contribution is -2.68. The molecule has 1 aromatic rings. The first kappa shape index (κ1) is 16.9. The van der Waals surface area contributed by atoms with Crippen LogP contribution in [0.25, 0.3) is 0 Å². The minimum Gasteiger partial charge on any atom is -0.381 e. The Hall–Kier alpha value is -0.920. The van der Waals surface area contributed by atoms with E-state index in [1.165, 1.54) is 11.3 Å². The Bertz CT molecular complexity index is 697. The molecule has 0 aliphatic carbocycles. The molecule has 2 fully saturated rings. The molecule has 0 saturated carbocycles. The van der Waals surface area contributed by atoms with Crippen molar-refractivity contribution in [1.82, 2.24) is 4.90 Å². The first-order valence-corrected chi connectivity index (χ1v) is 10.4. The summed E-state index contributed by atoms with van der Waals surface area (Å²) in [5.41, 5.74) is 1.11. The fraction of sp³-hybridized carbons (Fsp3) is 0.688. The van der Waals surface area contributed by atoms with Gasteiger partial charge in [0, 0.05) is 30.5 Å². The summed E-state index contributed by atoms with van der Waals surface area (Å²) in [6.07, 6.45) is 0.640. The van der Waals surface area contributed by atoms with Gasteiger partial charge < -0.3 is 9.64 Å². The maximum atomic E-state index is 12.6. The standard InChI is InChI=1S/C16H23NO4S2/c1-4-21-8-13-5-6-23(19,20)16(13)9-17(10-16)15(18)14-7-11(2)12(3)22-14/h7,13H,4-6,8-10H2,1-3H3/t13-/m1/s1. The van der Waals surface area contributed by atoms with E-state index in [2.05, 4.69) is 0 Å².